The molecule has 0 radical (unpaired) electrons. The van der Waals surface area contributed by atoms with Gasteiger partial charge in [0.1, 0.15) is 5.82 Å². The second-order valence-electron chi connectivity index (χ2n) is 4.61. The topological polar surface area (TPSA) is 29.1 Å². The van der Waals surface area contributed by atoms with Gasteiger partial charge in [-0.2, -0.15) is 0 Å². The summed E-state index contributed by atoms with van der Waals surface area (Å²) in [6, 6.07) is 11.5. The Morgan fingerprint density at radius 3 is 2.62 bits per heavy atom. The maximum Gasteiger partial charge on any atom is 0.252 e. The van der Waals surface area contributed by atoms with Crippen molar-refractivity contribution in [3.8, 4) is 0 Å². The molecule has 2 aromatic rings. The average molecular weight is 371 g/mol. The maximum atomic E-state index is 12.8. The first-order valence-electron chi connectivity index (χ1n) is 6.54. The fraction of sp³-hybridized carbons (Fsp3) is 0.188. The lowest BCUT2D eigenvalue weighted by atomic mass is 10.1. The Kier molecular flexibility index (Phi) is 5.76. The Balaban J connectivity index is 1.81. The van der Waals surface area contributed by atoms with Gasteiger partial charge in [-0.25, -0.2) is 4.39 Å². The number of carbonyl (C=O) groups excluding carboxylic acids is 1. The van der Waals surface area contributed by atoms with Gasteiger partial charge in [-0.1, -0.05) is 39.7 Å². The van der Waals surface area contributed by atoms with Gasteiger partial charge in [0.05, 0.1) is 10.6 Å². The summed E-state index contributed by atoms with van der Waals surface area (Å²) in [6.07, 6.45) is 1.57. The van der Waals surface area contributed by atoms with Gasteiger partial charge in [0.2, 0.25) is 0 Å². The van der Waals surface area contributed by atoms with Crippen molar-refractivity contribution in [2.75, 3.05) is 6.54 Å². The molecule has 1 amide bonds. The number of hydrogen-bond donors (Lipinski definition) is 1. The molecule has 0 spiro atoms. The molecule has 0 saturated heterocycles. The van der Waals surface area contributed by atoms with Crippen LogP contribution in [0.3, 0.4) is 0 Å². The number of aryl methyl sites for hydroxylation is 1. The zero-order valence-corrected chi connectivity index (χ0v) is 13.5. The van der Waals surface area contributed by atoms with E-state index in [1.807, 2.05) is 0 Å². The van der Waals surface area contributed by atoms with E-state index in [2.05, 4.69) is 21.2 Å². The van der Waals surface area contributed by atoms with Crippen molar-refractivity contribution in [2.24, 2.45) is 0 Å². The Morgan fingerprint density at radius 2 is 1.90 bits per heavy atom. The molecule has 1 N–H and O–H groups in total. The third-order valence-electron chi connectivity index (χ3n) is 3.01. The Hall–Kier alpha value is -1.39. The molecule has 0 unspecified atom stereocenters. The Labute approximate surface area is 136 Å². The normalized spacial score (nSPS) is 10.4. The van der Waals surface area contributed by atoms with E-state index in [0.717, 1.165) is 22.9 Å². The lowest BCUT2D eigenvalue weighted by Gasteiger charge is -2.07. The number of hydrogen-bond acceptors (Lipinski definition) is 1. The summed E-state index contributed by atoms with van der Waals surface area (Å²) in [5.74, 6) is -0.434. The van der Waals surface area contributed by atoms with Crippen LogP contribution in [0.1, 0.15) is 22.3 Å². The van der Waals surface area contributed by atoms with Crippen LogP contribution in [-0.4, -0.2) is 12.5 Å². The highest BCUT2D eigenvalue weighted by atomic mass is 79.9. The smallest absolute Gasteiger partial charge is 0.252 e. The van der Waals surface area contributed by atoms with E-state index in [4.69, 9.17) is 11.6 Å². The van der Waals surface area contributed by atoms with Crippen molar-refractivity contribution < 1.29 is 9.18 Å². The second kappa shape index (κ2) is 7.57. The summed E-state index contributed by atoms with van der Waals surface area (Å²) in [5.41, 5.74) is 1.50. The monoisotopic (exact) mass is 369 g/mol. The third-order valence-corrected chi connectivity index (χ3v) is 3.84. The molecule has 0 aromatic heterocycles. The first kappa shape index (κ1) is 16.0. The van der Waals surface area contributed by atoms with Crippen LogP contribution in [0, 0.1) is 5.82 Å². The lowest BCUT2D eigenvalue weighted by Crippen LogP contribution is -2.25. The molecule has 0 atom stereocenters. The molecule has 2 aromatic carbocycles. The number of amides is 1. The molecule has 110 valence electrons. The van der Waals surface area contributed by atoms with Crippen LogP contribution in [0.5, 0.6) is 0 Å². The Bertz CT molecular complexity index is 631. The summed E-state index contributed by atoms with van der Waals surface area (Å²) < 4.78 is 13.6. The van der Waals surface area contributed by atoms with Crippen LogP contribution >= 0.6 is 27.5 Å². The zero-order chi connectivity index (χ0) is 15.2. The third kappa shape index (κ3) is 4.83. The van der Waals surface area contributed by atoms with E-state index < -0.39 is 0 Å². The predicted octanol–water partition coefficient (Wildman–Crippen LogP) is 4.60. The standard InChI is InChI=1S/C16H14BrClFNO/c17-12-5-8-15(18)14(10-12)16(21)20-9-1-2-11-3-6-13(19)7-4-11/h3-8,10H,1-2,9H2,(H,20,21). The largest absolute Gasteiger partial charge is 0.352 e. The fourth-order valence-electron chi connectivity index (χ4n) is 1.91. The van der Waals surface area contributed by atoms with Crippen LogP contribution in [0.4, 0.5) is 4.39 Å². The van der Waals surface area contributed by atoms with Gasteiger partial charge in [-0.3, -0.25) is 4.79 Å². The number of rotatable bonds is 5. The SMILES string of the molecule is O=C(NCCCc1ccc(F)cc1)c1cc(Br)ccc1Cl. The number of nitrogens with one attached hydrogen (secondary N) is 1. The molecule has 0 fully saturated rings. The van der Waals surface area contributed by atoms with Crippen LogP contribution in [-0.2, 0) is 6.42 Å². The van der Waals surface area contributed by atoms with Crippen molar-refractivity contribution >= 4 is 33.4 Å². The summed E-state index contributed by atoms with van der Waals surface area (Å²) in [5, 5.41) is 3.26. The van der Waals surface area contributed by atoms with E-state index in [-0.39, 0.29) is 11.7 Å². The van der Waals surface area contributed by atoms with Crippen molar-refractivity contribution in [3.05, 3.63) is 68.9 Å². The number of carbonyl (C=O) groups is 1. The lowest BCUT2D eigenvalue weighted by molar-refractivity contribution is 0.0953. The minimum absolute atomic E-state index is 0.194. The van der Waals surface area contributed by atoms with Crippen LogP contribution < -0.4 is 5.32 Å². The molecule has 21 heavy (non-hydrogen) atoms. The highest BCUT2D eigenvalue weighted by molar-refractivity contribution is 9.10. The second-order valence-corrected chi connectivity index (χ2v) is 5.93. The molecule has 2 nitrogen and oxygen atoms in total. The number of benzene rings is 2. The van der Waals surface area contributed by atoms with E-state index in [1.54, 1.807) is 30.3 Å². The first-order chi connectivity index (χ1) is 10.1. The summed E-state index contributed by atoms with van der Waals surface area (Å²) in [4.78, 5) is 12.0. The molecule has 0 aliphatic rings. The summed E-state index contributed by atoms with van der Waals surface area (Å²) in [6.45, 7) is 0.541. The summed E-state index contributed by atoms with van der Waals surface area (Å²) in [7, 11) is 0. The fourth-order valence-corrected chi connectivity index (χ4v) is 2.48. The van der Waals surface area contributed by atoms with Crippen LogP contribution in [0.2, 0.25) is 5.02 Å². The van der Waals surface area contributed by atoms with Gasteiger partial charge >= 0.3 is 0 Å². The van der Waals surface area contributed by atoms with Gasteiger partial charge in [0, 0.05) is 11.0 Å². The maximum absolute atomic E-state index is 12.8. The van der Waals surface area contributed by atoms with Crippen LogP contribution in [0.25, 0.3) is 0 Å². The molecule has 0 bridgehead atoms. The average Bonchev–Trinajstić information content (AvgIpc) is 2.47. The molecule has 2 rings (SSSR count). The molecular formula is C16H14BrClFNO. The van der Waals surface area contributed by atoms with Gasteiger partial charge < -0.3 is 5.32 Å². The molecule has 0 aliphatic carbocycles. The van der Waals surface area contributed by atoms with E-state index in [9.17, 15) is 9.18 Å². The minimum Gasteiger partial charge on any atom is -0.352 e. The van der Waals surface area contributed by atoms with Gasteiger partial charge in [0.25, 0.3) is 5.91 Å². The molecule has 5 heteroatoms. The Morgan fingerprint density at radius 1 is 1.19 bits per heavy atom. The van der Waals surface area contributed by atoms with Crippen molar-refractivity contribution in [2.45, 2.75) is 12.8 Å². The highest BCUT2D eigenvalue weighted by Crippen LogP contribution is 2.20. The first-order valence-corrected chi connectivity index (χ1v) is 7.71. The molecule has 0 saturated carbocycles. The quantitative estimate of drug-likeness (QED) is 0.766. The van der Waals surface area contributed by atoms with Crippen molar-refractivity contribution in [3.63, 3.8) is 0 Å². The van der Waals surface area contributed by atoms with E-state index >= 15 is 0 Å². The highest BCUT2D eigenvalue weighted by Gasteiger charge is 2.10. The van der Waals surface area contributed by atoms with Gasteiger partial charge in [0.15, 0.2) is 0 Å². The van der Waals surface area contributed by atoms with Crippen molar-refractivity contribution in [1.82, 2.24) is 5.32 Å². The van der Waals surface area contributed by atoms with Gasteiger partial charge in [-0.05, 0) is 48.7 Å². The molecule has 0 aliphatic heterocycles. The predicted molar refractivity (Wildman–Crippen MR) is 86.2 cm³/mol. The molecule has 0 heterocycles. The minimum atomic E-state index is -0.239. The zero-order valence-electron chi connectivity index (χ0n) is 11.2. The van der Waals surface area contributed by atoms with Crippen molar-refractivity contribution in [1.29, 1.82) is 0 Å². The van der Waals surface area contributed by atoms with Gasteiger partial charge in [-0.15, -0.1) is 0 Å². The van der Waals surface area contributed by atoms with E-state index in [1.165, 1.54) is 12.1 Å². The van der Waals surface area contributed by atoms with E-state index in [0.29, 0.717) is 17.1 Å². The molecular weight excluding hydrogens is 357 g/mol. The summed E-state index contributed by atoms with van der Waals surface area (Å²) >= 11 is 9.31. The number of halogens is 3. The van der Waals surface area contributed by atoms with Crippen LogP contribution in [0.15, 0.2) is 46.9 Å².